The summed E-state index contributed by atoms with van der Waals surface area (Å²) in [5.41, 5.74) is 4.90. The van der Waals surface area contributed by atoms with Crippen LogP contribution in [-0.2, 0) is 6.42 Å². The Morgan fingerprint density at radius 2 is 1.87 bits per heavy atom. The van der Waals surface area contributed by atoms with E-state index in [1.165, 1.54) is 12.1 Å². The van der Waals surface area contributed by atoms with E-state index >= 15 is 0 Å². The van der Waals surface area contributed by atoms with Crippen LogP contribution < -0.4 is 0 Å². The van der Waals surface area contributed by atoms with E-state index in [1.807, 2.05) is 36.4 Å². The molecule has 3 aromatic rings. The number of aromatic amines is 1. The first-order chi connectivity index (χ1) is 11.2. The number of allylic oxidation sites excluding steroid dienone is 1. The Bertz CT molecular complexity index is 923. The molecule has 112 valence electrons. The largest absolute Gasteiger partial charge is 0.289 e. The van der Waals surface area contributed by atoms with Gasteiger partial charge in [-0.25, -0.2) is 4.39 Å². The van der Waals surface area contributed by atoms with Crippen molar-refractivity contribution in [1.29, 1.82) is 0 Å². The number of carbonyl (C=O) groups is 1. The molecular weight excluding hydrogens is 291 g/mol. The molecule has 0 radical (unpaired) electrons. The maximum absolute atomic E-state index is 13.0. The number of ketones is 1. The van der Waals surface area contributed by atoms with Gasteiger partial charge in [0, 0.05) is 23.1 Å². The molecule has 0 saturated heterocycles. The van der Waals surface area contributed by atoms with Crippen molar-refractivity contribution in [2.75, 3.05) is 0 Å². The highest BCUT2D eigenvalue weighted by Gasteiger charge is 2.24. The SMILES string of the molecule is O=C1/C(=C/c2cc(-c3ccc(F)cc3)n[nH]2)Cc2ccccc21. The van der Waals surface area contributed by atoms with Crippen LogP contribution in [-0.4, -0.2) is 16.0 Å². The zero-order valence-electron chi connectivity index (χ0n) is 12.2. The molecule has 2 aromatic carbocycles. The van der Waals surface area contributed by atoms with Crippen molar-refractivity contribution in [3.8, 4) is 11.3 Å². The predicted octanol–water partition coefficient (Wildman–Crippen LogP) is 4.04. The highest BCUT2D eigenvalue weighted by molar-refractivity contribution is 6.15. The first-order valence-corrected chi connectivity index (χ1v) is 7.35. The molecule has 0 fully saturated rings. The van der Waals surface area contributed by atoms with Gasteiger partial charge in [-0.2, -0.15) is 5.10 Å². The van der Waals surface area contributed by atoms with Crippen LogP contribution in [0, 0.1) is 5.82 Å². The van der Waals surface area contributed by atoms with Crippen molar-refractivity contribution in [3.05, 3.63) is 82.8 Å². The van der Waals surface area contributed by atoms with Crippen molar-refractivity contribution < 1.29 is 9.18 Å². The van der Waals surface area contributed by atoms with Crippen LogP contribution in [0.1, 0.15) is 21.6 Å². The topological polar surface area (TPSA) is 45.8 Å². The number of hydrogen-bond donors (Lipinski definition) is 1. The number of hydrogen-bond acceptors (Lipinski definition) is 2. The maximum Gasteiger partial charge on any atom is 0.189 e. The molecule has 0 aliphatic heterocycles. The second-order valence-corrected chi connectivity index (χ2v) is 5.55. The van der Waals surface area contributed by atoms with Gasteiger partial charge in [-0.3, -0.25) is 9.89 Å². The van der Waals surface area contributed by atoms with Gasteiger partial charge in [-0.15, -0.1) is 0 Å². The second-order valence-electron chi connectivity index (χ2n) is 5.55. The third-order valence-corrected chi connectivity index (χ3v) is 4.00. The van der Waals surface area contributed by atoms with E-state index in [0.29, 0.717) is 6.42 Å². The number of benzene rings is 2. The summed E-state index contributed by atoms with van der Waals surface area (Å²) in [6, 6.07) is 15.7. The summed E-state index contributed by atoms with van der Waals surface area (Å²) in [5, 5.41) is 7.15. The molecule has 0 amide bonds. The van der Waals surface area contributed by atoms with Crippen LogP contribution >= 0.6 is 0 Å². The lowest BCUT2D eigenvalue weighted by molar-refractivity contribution is 0.104. The molecule has 4 heteroatoms. The molecule has 1 N–H and O–H groups in total. The summed E-state index contributed by atoms with van der Waals surface area (Å²) < 4.78 is 13.0. The quantitative estimate of drug-likeness (QED) is 0.726. The molecule has 1 aromatic heterocycles. The number of fused-ring (bicyclic) bond motifs is 1. The van der Waals surface area contributed by atoms with Crippen molar-refractivity contribution in [2.24, 2.45) is 0 Å². The third kappa shape index (κ3) is 2.48. The Morgan fingerprint density at radius 3 is 2.65 bits per heavy atom. The van der Waals surface area contributed by atoms with Gasteiger partial charge < -0.3 is 0 Å². The molecule has 0 unspecified atom stereocenters. The second kappa shape index (κ2) is 5.32. The Kier molecular flexibility index (Phi) is 3.15. The fraction of sp³-hybridized carbons (Fsp3) is 0.0526. The van der Waals surface area contributed by atoms with Gasteiger partial charge in [0.15, 0.2) is 5.78 Å². The predicted molar refractivity (Wildman–Crippen MR) is 86.4 cm³/mol. The Labute approximate surface area is 132 Å². The van der Waals surface area contributed by atoms with Gasteiger partial charge in [0.2, 0.25) is 0 Å². The lowest BCUT2D eigenvalue weighted by Crippen LogP contribution is -1.94. The summed E-state index contributed by atoms with van der Waals surface area (Å²) in [7, 11) is 0. The number of carbonyl (C=O) groups excluding carboxylic acids is 1. The summed E-state index contributed by atoms with van der Waals surface area (Å²) in [5.74, 6) is -0.209. The summed E-state index contributed by atoms with van der Waals surface area (Å²) in [4.78, 5) is 12.4. The monoisotopic (exact) mass is 304 g/mol. The summed E-state index contributed by atoms with van der Waals surface area (Å²) >= 11 is 0. The van der Waals surface area contributed by atoms with Crippen LogP contribution in [0.15, 0.2) is 60.2 Å². The molecule has 0 bridgehead atoms. The van der Waals surface area contributed by atoms with E-state index in [-0.39, 0.29) is 11.6 Å². The van der Waals surface area contributed by atoms with Crippen molar-refractivity contribution in [3.63, 3.8) is 0 Å². The zero-order chi connectivity index (χ0) is 15.8. The Morgan fingerprint density at radius 1 is 1.09 bits per heavy atom. The van der Waals surface area contributed by atoms with E-state index in [2.05, 4.69) is 10.2 Å². The Hall–Kier alpha value is -3.01. The van der Waals surface area contributed by atoms with Gasteiger partial charge in [-0.05, 0) is 42.0 Å². The van der Waals surface area contributed by atoms with Gasteiger partial charge in [0.1, 0.15) is 5.82 Å². The van der Waals surface area contributed by atoms with E-state index < -0.39 is 0 Å². The average molecular weight is 304 g/mol. The van der Waals surface area contributed by atoms with Crippen LogP contribution in [0.4, 0.5) is 4.39 Å². The number of H-pyrrole nitrogens is 1. The normalized spacial score (nSPS) is 15.2. The zero-order valence-corrected chi connectivity index (χ0v) is 12.2. The first-order valence-electron chi connectivity index (χ1n) is 7.35. The van der Waals surface area contributed by atoms with E-state index in [1.54, 1.807) is 12.1 Å². The lowest BCUT2D eigenvalue weighted by Gasteiger charge is -1.94. The van der Waals surface area contributed by atoms with Crippen LogP contribution in [0.2, 0.25) is 0 Å². The molecular formula is C19H13FN2O. The van der Waals surface area contributed by atoms with Crippen LogP contribution in [0.3, 0.4) is 0 Å². The fourth-order valence-corrected chi connectivity index (χ4v) is 2.84. The molecule has 0 spiro atoms. The van der Waals surface area contributed by atoms with E-state index in [0.717, 1.165) is 33.7 Å². The minimum atomic E-state index is -0.277. The maximum atomic E-state index is 13.0. The molecule has 1 heterocycles. The smallest absolute Gasteiger partial charge is 0.189 e. The molecule has 1 aliphatic carbocycles. The highest BCUT2D eigenvalue weighted by Crippen LogP contribution is 2.28. The highest BCUT2D eigenvalue weighted by atomic mass is 19.1. The molecule has 23 heavy (non-hydrogen) atoms. The lowest BCUT2D eigenvalue weighted by atomic mass is 10.1. The van der Waals surface area contributed by atoms with Crippen molar-refractivity contribution >= 4 is 11.9 Å². The van der Waals surface area contributed by atoms with Gasteiger partial charge in [0.05, 0.1) is 11.4 Å². The summed E-state index contributed by atoms with van der Waals surface area (Å²) in [6.07, 6.45) is 2.47. The fourth-order valence-electron chi connectivity index (χ4n) is 2.84. The minimum absolute atomic E-state index is 0.0681. The number of halogens is 1. The minimum Gasteiger partial charge on any atom is -0.289 e. The molecule has 4 rings (SSSR count). The number of Topliss-reactive ketones (excluding diaryl/α,β-unsaturated/α-hetero) is 1. The van der Waals surface area contributed by atoms with Crippen molar-refractivity contribution in [1.82, 2.24) is 10.2 Å². The first kappa shape index (κ1) is 13.6. The number of aromatic nitrogens is 2. The standard InChI is InChI=1S/C19H13FN2O/c20-15-7-5-12(6-8-15)18-11-16(21-22-18)10-14-9-13-3-1-2-4-17(13)19(14)23/h1-8,10-11H,9H2,(H,21,22)/b14-10+. The van der Waals surface area contributed by atoms with Gasteiger partial charge >= 0.3 is 0 Å². The van der Waals surface area contributed by atoms with Crippen LogP contribution in [0.25, 0.3) is 17.3 Å². The van der Waals surface area contributed by atoms with E-state index in [4.69, 9.17) is 0 Å². The molecule has 0 saturated carbocycles. The van der Waals surface area contributed by atoms with Gasteiger partial charge in [0.25, 0.3) is 0 Å². The molecule has 1 aliphatic rings. The average Bonchev–Trinajstić information content (AvgIpc) is 3.15. The number of rotatable bonds is 2. The summed E-state index contributed by atoms with van der Waals surface area (Å²) in [6.45, 7) is 0. The molecule has 0 atom stereocenters. The number of nitrogens with zero attached hydrogens (tertiary/aromatic N) is 1. The van der Waals surface area contributed by atoms with E-state index in [9.17, 15) is 9.18 Å². The third-order valence-electron chi connectivity index (χ3n) is 4.00. The molecule has 3 nitrogen and oxygen atoms in total. The number of nitrogens with one attached hydrogen (secondary N) is 1. The van der Waals surface area contributed by atoms with Gasteiger partial charge in [-0.1, -0.05) is 24.3 Å². The van der Waals surface area contributed by atoms with Crippen molar-refractivity contribution in [2.45, 2.75) is 6.42 Å². The Balaban J connectivity index is 1.64. The van der Waals surface area contributed by atoms with Crippen LogP contribution in [0.5, 0.6) is 0 Å².